The van der Waals surface area contributed by atoms with Crippen LogP contribution in [-0.4, -0.2) is 20.3 Å². The van der Waals surface area contributed by atoms with E-state index in [9.17, 15) is 5.11 Å². The minimum Gasteiger partial charge on any atom is -0.508 e. The Morgan fingerprint density at radius 2 is 2.12 bits per heavy atom. The molecule has 84 valence electrons. The number of hydrogen-bond donors (Lipinski definition) is 2. The van der Waals surface area contributed by atoms with Crippen molar-refractivity contribution in [3.63, 3.8) is 0 Å². The van der Waals surface area contributed by atoms with Crippen LogP contribution in [0.15, 0.2) is 41.8 Å². The van der Waals surface area contributed by atoms with Crippen LogP contribution in [0, 0.1) is 0 Å². The summed E-state index contributed by atoms with van der Waals surface area (Å²) in [5.74, 6) is 1.55. The number of aromatic hydroxyl groups is 1. The van der Waals surface area contributed by atoms with Crippen molar-refractivity contribution >= 4 is 11.3 Å². The Hall–Kier alpha value is -2.14. The Bertz CT molecular complexity index is 631. The van der Waals surface area contributed by atoms with Crippen LogP contribution in [0.2, 0.25) is 0 Å². The molecular formula is C12H9N3OS. The van der Waals surface area contributed by atoms with Gasteiger partial charge in [-0.1, -0.05) is 18.2 Å². The molecule has 0 amide bonds. The second kappa shape index (κ2) is 4.03. The number of phenols is 1. The first kappa shape index (κ1) is 10.0. The topological polar surface area (TPSA) is 61.8 Å². The van der Waals surface area contributed by atoms with Crippen molar-refractivity contribution in [3.8, 4) is 27.8 Å². The second-order valence-electron chi connectivity index (χ2n) is 3.54. The zero-order chi connectivity index (χ0) is 11.7. The Labute approximate surface area is 102 Å². The number of hydrogen-bond acceptors (Lipinski definition) is 4. The molecule has 0 spiro atoms. The molecule has 3 rings (SSSR count). The van der Waals surface area contributed by atoms with Crippen molar-refractivity contribution in [3.05, 3.63) is 41.8 Å². The zero-order valence-corrected chi connectivity index (χ0v) is 9.61. The molecule has 17 heavy (non-hydrogen) atoms. The highest BCUT2D eigenvalue weighted by Crippen LogP contribution is 2.24. The van der Waals surface area contributed by atoms with E-state index in [-0.39, 0.29) is 5.75 Å². The fraction of sp³-hybridized carbons (Fsp3) is 0. The molecule has 0 atom stereocenters. The molecule has 0 fully saturated rings. The molecule has 0 saturated heterocycles. The van der Waals surface area contributed by atoms with E-state index in [0.717, 1.165) is 16.3 Å². The van der Waals surface area contributed by atoms with E-state index in [4.69, 9.17) is 0 Å². The highest BCUT2D eigenvalue weighted by atomic mass is 32.1. The molecule has 0 unspecified atom stereocenters. The van der Waals surface area contributed by atoms with Crippen LogP contribution in [0.1, 0.15) is 0 Å². The van der Waals surface area contributed by atoms with Gasteiger partial charge in [-0.05, 0) is 23.6 Å². The standard InChI is InChI=1S/C12H9N3OS/c16-9-4-1-3-8(7-9)11-13-12(15-14-11)10-5-2-6-17-10/h1-7,16H,(H,13,14,15). The van der Waals surface area contributed by atoms with E-state index in [1.807, 2.05) is 23.6 Å². The van der Waals surface area contributed by atoms with Gasteiger partial charge in [-0.25, -0.2) is 4.98 Å². The normalized spacial score (nSPS) is 10.6. The van der Waals surface area contributed by atoms with Gasteiger partial charge in [0.25, 0.3) is 0 Å². The van der Waals surface area contributed by atoms with Crippen LogP contribution >= 0.6 is 11.3 Å². The predicted molar refractivity (Wildman–Crippen MR) is 66.8 cm³/mol. The first-order valence-corrected chi connectivity index (χ1v) is 5.96. The van der Waals surface area contributed by atoms with Crippen LogP contribution in [0.3, 0.4) is 0 Å². The molecule has 0 saturated carbocycles. The Morgan fingerprint density at radius 1 is 1.18 bits per heavy atom. The van der Waals surface area contributed by atoms with Crippen molar-refractivity contribution in [2.75, 3.05) is 0 Å². The molecule has 1 aromatic carbocycles. The molecule has 0 aliphatic carbocycles. The summed E-state index contributed by atoms with van der Waals surface area (Å²) in [5, 5.41) is 18.4. The van der Waals surface area contributed by atoms with Crippen LogP contribution in [0.5, 0.6) is 5.75 Å². The van der Waals surface area contributed by atoms with Crippen LogP contribution in [0.4, 0.5) is 0 Å². The van der Waals surface area contributed by atoms with E-state index in [0.29, 0.717) is 5.82 Å². The largest absolute Gasteiger partial charge is 0.508 e. The highest BCUT2D eigenvalue weighted by Gasteiger charge is 2.08. The number of benzene rings is 1. The lowest BCUT2D eigenvalue weighted by atomic mass is 10.2. The quantitative estimate of drug-likeness (QED) is 0.727. The molecule has 4 nitrogen and oxygen atoms in total. The lowest BCUT2D eigenvalue weighted by molar-refractivity contribution is 0.475. The molecule has 0 aliphatic heterocycles. The maximum atomic E-state index is 9.40. The van der Waals surface area contributed by atoms with E-state index in [1.165, 1.54) is 0 Å². The Kier molecular flexibility index (Phi) is 2.38. The third kappa shape index (κ3) is 1.92. The molecule has 0 aliphatic rings. The molecular weight excluding hydrogens is 234 g/mol. The first-order chi connectivity index (χ1) is 8.33. The monoisotopic (exact) mass is 243 g/mol. The van der Waals surface area contributed by atoms with E-state index >= 15 is 0 Å². The molecule has 5 heteroatoms. The summed E-state index contributed by atoms with van der Waals surface area (Å²) in [7, 11) is 0. The second-order valence-corrected chi connectivity index (χ2v) is 4.48. The predicted octanol–water partition coefficient (Wildman–Crippen LogP) is 2.91. The number of nitrogens with zero attached hydrogens (tertiary/aromatic N) is 2. The lowest BCUT2D eigenvalue weighted by Gasteiger charge is -1.95. The fourth-order valence-electron chi connectivity index (χ4n) is 1.56. The summed E-state index contributed by atoms with van der Waals surface area (Å²) in [4.78, 5) is 5.44. The minimum atomic E-state index is 0.213. The van der Waals surface area contributed by atoms with Gasteiger partial charge in [0.05, 0.1) is 4.88 Å². The highest BCUT2D eigenvalue weighted by molar-refractivity contribution is 7.13. The zero-order valence-electron chi connectivity index (χ0n) is 8.79. The van der Waals surface area contributed by atoms with Gasteiger partial charge >= 0.3 is 0 Å². The molecule has 2 heterocycles. The summed E-state index contributed by atoms with van der Waals surface area (Å²) in [6.45, 7) is 0. The van der Waals surface area contributed by atoms with Gasteiger partial charge in [-0.15, -0.1) is 11.3 Å². The molecule has 0 radical (unpaired) electrons. The number of rotatable bonds is 2. The molecule has 2 N–H and O–H groups in total. The minimum absolute atomic E-state index is 0.213. The van der Waals surface area contributed by atoms with Gasteiger partial charge in [0.2, 0.25) is 0 Å². The van der Waals surface area contributed by atoms with Crippen LogP contribution < -0.4 is 0 Å². The number of phenolic OH excluding ortho intramolecular Hbond substituents is 1. The smallest absolute Gasteiger partial charge is 0.181 e. The van der Waals surface area contributed by atoms with Gasteiger partial charge in [0.15, 0.2) is 11.6 Å². The van der Waals surface area contributed by atoms with Crippen LogP contribution in [0.25, 0.3) is 22.1 Å². The summed E-state index contributed by atoms with van der Waals surface area (Å²) >= 11 is 1.60. The van der Waals surface area contributed by atoms with Crippen molar-refractivity contribution in [1.82, 2.24) is 15.2 Å². The summed E-state index contributed by atoms with van der Waals surface area (Å²) in [6.07, 6.45) is 0. The molecule has 0 bridgehead atoms. The fourth-order valence-corrected chi connectivity index (χ4v) is 2.22. The van der Waals surface area contributed by atoms with Crippen molar-refractivity contribution in [2.45, 2.75) is 0 Å². The summed E-state index contributed by atoms with van der Waals surface area (Å²) in [6, 6.07) is 10.8. The van der Waals surface area contributed by atoms with Gasteiger partial charge in [-0.2, -0.15) is 5.10 Å². The van der Waals surface area contributed by atoms with E-state index < -0.39 is 0 Å². The van der Waals surface area contributed by atoms with Gasteiger partial charge in [0, 0.05) is 5.56 Å². The Balaban J connectivity index is 2.01. The van der Waals surface area contributed by atoms with Crippen molar-refractivity contribution in [2.24, 2.45) is 0 Å². The average molecular weight is 243 g/mol. The first-order valence-electron chi connectivity index (χ1n) is 5.08. The number of nitrogens with one attached hydrogen (secondary N) is 1. The van der Waals surface area contributed by atoms with Crippen molar-refractivity contribution in [1.29, 1.82) is 0 Å². The number of aromatic nitrogens is 3. The van der Waals surface area contributed by atoms with Crippen LogP contribution in [-0.2, 0) is 0 Å². The third-order valence-corrected chi connectivity index (χ3v) is 3.22. The Morgan fingerprint density at radius 3 is 2.88 bits per heavy atom. The average Bonchev–Trinajstić information content (AvgIpc) is 3.00. The van der Waals surface area contributed by atoms with E-state index in [2.05, 4.69) is 15.2 Å². The molecule has 3 aromatic rings. The van der Waals surface area contributed by atoms with Gasteiger partial charge in [-0.3, -0.25) is 5.10 Å². The number of aromatic amines is 1. The number of H-pyrrole nitrogens is 1. The van der Waals surface area contributed by atoms with E-state index in [1.54, 1.807) is 29.5 Å². The SMILES string of the molecule is Oc1cccc(-c2n[nH]c(-c3cccs3)n2)c1. The maximum Gasteiger partial charge on any atom is 0.181 e. The molecule has 2 aromatic heterocycles. The number of thiophene rings is 1. The van der Waals surface area contributed by atoms with Crippen molar-refractivity contribution < 1.29 is 5.11 Å². The van der Waals surface area contributed by atoms with Gasteiger partial charge < -0.3 is 5.11 Å². The lowest BCUT2D eigenvalue weighted by Crippen LogP contribution is -1.79. The maximum absolute atomic E-state index is 9.40. The third-order valence-electron chi connectivity index (χ3n) is 2.34. The van der Waals surface area contributed by atoms with Gasteiger partial charge in [0.1, 0.15) is 5.75 Å². The summed E-state index contributed by atoms with van der Waals surface area (Å²) in [5.41, 5.74) is 0.795. The summed E-state index contributed by atoms with van der Waals surface area (Å²) < 4.78 is 0.